The van der Waals surface area contributed by atoms with Gasteiger partial charge in [-0.3, -0.25) is 10.1 Å². The summed E-state index contributed by atoms with van der Waals surface area (Å²) in [5.41, 5.74) is -1.23. The molecule has 0 saturated carbocycles. The van der Waals surface area contributed by atoms with E-state index in [-0.39, 0.29) is 12.4 Å². The second-order valence-corrected chi connectivity index (χ2v) is 4.54. The minimum absolute atomic E-state index is 0.0732. The molecule has 0 aromatic heterocycles. The molecule has 2 aromatic carbocycles. The molecule has 0 aliphatic carbocycles. The lowest BCUT2D eigenvalue weighted by molar-refractivity contribution is -0.386. The Morgan fingerprint density at radius 1 is 1.13 bits per heavy atom. The summed E-state index contributed by atoms with van der Waals surface area (Å²) >= 11 is 0. The van der Waals surface area contributed by atoms with Crippen LogP contribution in [0.3, 0.4) is 0 Å². The van der Waals surface area contributed by atoms with Crippen LogP contribution in [0.4, 0.5) is 18.9 Å². The van der Waals surface area contributed by atoms with Crippen LogP contribution < -0.4 is 9.47 Å². The first kappa shape index (κ1) is 16.6. The first-order valence-corrected chi connectivity index (χ1v) is 6.43. The van der Waals surface area contributed by atoms with Crippen LogP contribution in [0, 0.1) is 10.1 Å². The lowest BCUT2D eigenvalue weighted by atomic mass is 10.1. The molecule has 0 radical (unpaired) electrons. The Hall–Kier alpha value is -2.77. The maximum atomic E-state index is 12.6. The van der Waals surface area contributed by atoms with Gasteiger partial charge in [0.15, 0.2) is 5.75 Å². The molecule has 0 bridgehead atoms. The summed E-state index contributed by atoms with van der Waals surface area (Å²) in [6.45, 7) is -0.0732. The van der Waals surface area contributed by atoms with E-state index in [1.165, 1.54) is 7.11 Å². The molecule has 0 N–H and O–H groups in total. The Morgan fingerprint density at radius 3 is 2.43 bits per heavy atom. The van der Waals surface area contributed by atoms with Crippen LogP contribution in [0.15, 0.2) is 42.5 Å². The van der Waals surface area contributed by atoms with Crippen LogP contribution in [-0.4, -0.2) is 12.0 Å². The number of para-hydroxylation sites is 1. The highest BCUT2D eigenvalue weighted by atomic mass is 19.4. The molecule has 0 spiro atoms. The van der Waals surface area contributed by atoms with Gasteiger partial charge in [0.05, 0.1) is 17.6 Å². The summed E-state index contributed by atoms with van der Waals surface area (Å²) in [6.07, 6.45) is -4.66. The van der Waals surface area contributed by atoms with Crippen molar-refractivity contribution >= 4 is 5.69 Å². The Bertz CT molecular complexity index is 716. The number of methoxy groups -OCH3 is 1. The Kier molecular flexibility index (Phi) is 4.73. The van der Waals surface area contributed by atoms with Crippen LogP contribution in [0.25, 0.3) is 0 Å². The summed E-state index contributed by atoms with van der Waals surface area (Å²) in [5, 5.41) is 11.0. The van der Waals surface area contributed by atoms with E-state index in [2.05, 4.69) is 0 Å². The molecule has 0 heterocycles. The number of nitro benzene ring substituents is 1. The van der Waals surface area contributed by atoms with Crippen molar-refractivity contribution < 1.29 is 27.6 Å². The molecule has 0 unspecified atom stereocenters. The standard InChI is InChI=1S/C15H12F3NO4/c1-22-13-5-3-2-4-10(13)9-23-14-7-6-11(15(16,17)18)8-12(14)19(20)21/h2-8H,9H2,1H3. The molecule has 0 fully saturated rings. The number of nitrogens with zero attached hydrogens (tertiary/aromatic N) is 1. The van der Waals surface area contributed by atoms with Crippen molar-refractivity contribution in [2.45, 2.75) is 12.8 Å². The minimum atomic E-state index is -4.66. The monoisotopic (exact) mass is 327 g/mol. The van der Waals surface area contributed by atoms with Gasteiger partial charge in [0.1, 0.15) is 12.4 Å². The third-order valence-corrected chi connectivity index (χ3v) is 3.06. The number of rotatable bonds is 5. The molecule has 0 saturated heterocycles. The lowest BCUT2D eigenvalue weighted by Gasteiger charge is -2.12. The second kappa shape index (κ2) is 6.55. The van der Waals surface area contributed by atoms with Crippen molar-refractivity contribution in [2.75, 3.05) is 7.11 Å². The Balaban J connectivity index is 2.27. The van der Waals surface area contributed by atoms with Gasteiger partial charge in [-0.25, -0.2) is 0 Å². The minimum Gasteiger partial charge on any atom is -0.496 e. The number of nitro groups is 1. The summed E-state index contributed by atoms with van der Waals surface area (Å²) in [6, 6.07) is 8.97. The van der Waals surface area contributed by atoms with Gasteiger partial charge in [-0.1, -0.05) is 18.2 Å². The zero-order valence-corrected chi connectivity index (χ0v) is 12.0. The number of hydrogen-bond donors (Lipinski definition) is 0. The molecule has 122 valence electrons. The maximum Gasteiger partial charge on any atom is 0.416 e. The highest BCUT2D eigenvalue weighted by Crippen LogP contribution is 2.36. The number of alkyl halides is 3. The fourth-order valence-corrected chi connectivity index (χ4v) is 1.94. The van der Waals surface area contributed by atoms with Gasteiger partial charge in [-0.05, 0) is 18.2 Å². The average molecular weight is 327 g/mol. The molecular formula is C15H12F3NO4. The number of halogens is 3. The van der Waals surface area contributed by atoms with Crippen LogP contribution >= 0.6 is 0 Å². The molecule has 0 amide bonds. The van der Waals surface area contributed by atoms with Crippen molar-refractivity contribution in [3.63, 3.8) is 0 Å². The fourth-order valence-electron chi connectivity index (χ4n) is 1.94. The van der Waals surface area contributed by atoms with Gasteiger partial charge >= 0.3 is 11.9 Å². The Labute approximate surface area is 129 Å². The Morgan fingerprint density at radius 2 is 1.83 bits per heavy atom. The predicted molar refractivity (Wildman–Crippen MR) is 75.4 cm³/mol. The van der Waals surface area contributed by atoms with E-state index < -0.39 is 22.4 Å². The van der Waals surface area contributed by atoms with Crippen molar-refractivity contribution in [1.82, 2.24) is 0 Å². The molecule has 2 aromatic rings. The van der Waals surface area contributed by atoms with E-state index in [4.69, 9.17) is 9.47 Å². The summed E-state index contributed by atoms with van der Waals surface area (Å²) < 4.78 is 48.3. The van der Waals surface area contributed by atoms with E-state index in [0.29, 0.717) is 17.4 Å². The number of hydrogen-bond acceptors (Lipinski definition) is 4. The van der Waals surface area contributed by atoms with E-state index in [1.807, 2.05) is 0 Å². The molecule has 23 heavy (non-hydrogen) atoms. The normalized spacial score (nSPS) is 11.1. The van der Waals surface area contributed by atoms with Crippen LogP contribution in [-0.2, 0) is 12.8 Å². The molecule has 0 aliphatic rings. The van der Waals surface area contributed by atoms with E-state index in [1.54, 1.807) is 24.3 Å². The molecule has 5 nitrogen and oxygen atoms in total. The molecule has 8 heteroatoms. The first-order valence-electron chi connectivity index (χ1n) is 6.43. The van der Waals surface area contributed by atoms with Crippen LogP contribution in [0.5, 0.6) is 11.5 Å². The zero-order valence-electron chi connectivity index (χ0n) is 12.0. The number of benzene rings is 2. The second-order valence-electron chi connectivity index (χ2n) is 4.54. The van der Waals surface area contributed by atoms with Gasteiger partial charge in [0.25, 0.3) is 0 Å². The lowest BCUT2D eigenvalue weighted by Crippen LogP contribution is -2.07. The van der Waals surface area contributed by atoms with Gasteiger partial charge in [-0.2, -0.15) is 13.2 Å². The van der Waals surface area contributed by atoms with Gasteiger partial charge < -0.3 is 9.47 Å². The SMILES string of the molecule is COc1ccccc1COc1ccc(C(F)(F)F)cc1[N+](=O)[O-]. The average Bonchev–Trinajstić information content (AvgIpc) is 2.52. The third kappa shape index (κ3) is 3.91. The molecule has 2 rings (SSSR count). The summed E-state index contributed by atoms with van der Waals surface area (Å²) in [7, 11) is 1.46. The quantitative estimate of drug-likeness (QED) is 0.610. The van der Waals surface area contributed by atoms with Crippen molar-refractivity contribution in [1.29, 1.82) is 0 Å². The van der Waals surface area contributed by atoms with Crippen molar-refractivity contribution in [3.8, 4) is 11.5 Å². The molecule has 0 aliphatic heterocycles. The topological polar surface area (TPSA) is 61.6 Å². The maximum absolute atomic E-state index is 12.6. The third-order valence-electron chi connectivity index (χ3n) is 3.06. The largest absolute Gasteiger partial charge is 0.496 e. The van der Waals surface area contributed by atoms with E-state index in [0.717, 1.165) is 12.1 Å². The van der Waals surface area contributed by atoms with Gasteiger partial charge in [-0.15, -0.1) is 0 Å². The highest BCUT2D eigenvalue weighted by molar-refractivity contribution is 5.49. The molecule has 0 atom stereocenters. The van der Waals surface area contributed by atoms with Gasteiger partial charge in [0, 0.05) is 11.6 Å². The van der Waals surface area contributed by atoms with Crippen molar-refractivity contribution in [2.24, 2.45) is 0 Å². The summed E-state index contributed by atoms with van der Waals surface area (Å²) in [4.78, 5) is 10.1. The zero-order chi connectivity index (χ0) is 17.0. The van der Waals surface area contributed by atoms with Crippen LogP contribution in [0.1, 0.15) is 11.1 Å². The molecular weight excluding hydrogens is 315 g/mol. The van der Waals surface area contributed by atoms with E-state index >= 15 is 0 Å². The smallest absolute Gasteiger partial charge is 0.416 e. The highest BCUT2D eigenvalue weighted by Gasteiger charge is 2.33. The fraction of sp³-hybridized carbons (Fsp3) is 0.200. The van der Waals surface area contributed by atoms with Crippen LogP contribution in [0.2, 0.25) is 0 Å². The first-order chi connectivity index (χ1) is 10.8. The van der Waals surface area contributed by atoms with E-state index in [9.17, 15) is 23.3 Å². The van der Waals surface area contributed by atoms with Gasteiger partial charge in [0.2, 0.25) is 0 Å². The van der Waals surface area contributed by atoms with Crippen molar-refractivity contribution in [3.05, 3.63) is 63.7 Å². The summed E-state index contributed by atoms with van der Waals surface area (Å²) in [5.74, 6) is 0.274. The predicted octanol–water partition coefficient (Wildman–Crippen LogP) is 4.20. The number of ether oxygens (including phenoxy) is 2.